The minimum atomic E-state index is -0.669. The summed E-state index contributed by atoms with van der Waals surface area (Å²) in [7, 11) is 1.34. The number of rotatable bonds is 4. The first-order valence-electron chi connectivity index (χ1n) is 5.01. The van der Waals surface area contributed by atoms with E-state index in [2.05, 4.69) is 5.32 Å². The third kappa shape index (κ3) is 2.82. The summed E-state index contributed by atoms with van der Waals surface area (Å²) in [6.45, 7) is 2.51. The lowest BCUT2D eigenvalue weighted by molar-refractivity contribution is -0.384. The Balaban J connectivity index is 3.46. The van der Waals surface area contributed by atoms with E-state index >= 15 is 0 Å². The highest BCUT2D eigenvalue weighted by Gasteiger charge is 2.21. The minimum absolute atomic E-state index is 0.00523. The molecule has 1 N–H and O–H groups in total. The summed E-state index contributed by atoms with van der Waals surface area (Å²) >= 11 is 0. The Labute approximate surface area is 103 Å². The van der Waals surface area contributed by atoms with E-state index in [1.165, 1.54) is 27.0 Å². The van der Waals surface area contributed by atoms with E-state index in [9.17, 15) is 19.7 Å². The van der Waals surface area contributed by atoms with Crippen molar-refractivity contribution in [2.24, 2.45) is 0 Å². The van der Waals surface area contributed by atoms with Crippen LogP contribution in [0.3, 0.4) is 0 Å². The molecule has 0 atom stereocenters. The number of benzene rings is 1. The quantitative estimate of drug-likeness (QED) is 0.500. The first-order valence-corrected chi connectivity index (χ1v) is 5.01. The SMILES string of the molecule is COc1cc(NC(C)=O)c([N+](=O)[O-])cc1C(C)=O. The molecular weight excluding hydrogens is 240 g/mol. The van der Waals surface area contributed by atoms with Gasteiger partial charge in [0.25, 0.3) is 5.69 Å². The third-order valence-electron chi connectivity index (χ3n) is 2.20. The third-order valence-corrected chi connectivity index (χ3v) is 2.20. The van der Waals surface area contributed by atoms with Crippen LogP contribution < -0.4 is 10.1 Å². The van der Waals surface area contributed by atoms with E-state index in [4.69, 9.17) is 4.74 Å². The Bertz CT molecular complexity index is 524. The number of anilines is 1. The Morgan fingerprint density at radius 3 is 2.33 bits per heavy atom. The fraction of sp³-hybridized carbons (Fsp3) is 0.273. The number of carbonyl (C=O) groups excluding carboxylic acids is 2. The highest BCUT2D eigenvalue weighted by atomic mass is 16.6. The van der Waals surface area contributed by atoms with Crippen molar-refractivity contribution in [2.45, 2.75) is 13.8 Å². The van der Waals surface area contributed by atoms with Gasteiger partial charge in [-0.1, -0.05) is 0 Å². The van der Waals surface area contributed by atoms with Crippen LogP contribution in [0.4, 0.5) is 11.4 Å². The lowest BCUT2D eigenvalue weighted by Gasteiger charge is -2.09. The van der Waals surface area contributed by atoms with Crippen molar-refractivity contribution >= 4 is 23.1 Å². The zero-order valence-corrected chi connectivity index (χ0v) is 10.1. The molecule has 0 spiro atoms. The van der Waals surface area contributed by atoms with Gasteiger partial charge in [0.05, 0.1) is 17.6 Å². The van der Waals surface area contributed by atoms with Crippen molar-refractivity contribution in [2.75, 3.05) is 12.4 Å². The number of methoxy groups -OCH3 is 1. The normalized spacial score (nSPS) is 9.72. The summed E-state index contributed by atoms with van der Waals surface area (Å²) < 4.78 is 4.97. The summed E-state index contributed by atoms with van der Waals surface area (Å²) in [5.74, 6) is -0.628. The molecule has 0 aliphatic rings. The highest BCUT2D eigenvalue weighted by Crippen LogP contribution is 2.32. The average Bonchev–Trinajstić information content (AvgIpc) is 2.26. The molecular formula is C11H12N2O5. The van der Waals surface area contributed by atoms with Gasteiger partial charge in [0.15, 0.2) is 5.78 Å². The van der Waals surface area contributed by atoms with Crippen LogP contribution in [0.15, 0.2) is 12.1 Å². The van der Waals surface area contributed by atoms with Gasteiger partial charge in [-0.25, -0.2) is 0 Å². The van der Waals surface area contributed by atoms with Crippen molar-refractivity contribution in [3.63, 3.8) is 0 Å². The summed E-state index contributed by atoms with van der Waals surface area (Å²) in [5.41, 5.74) is -0.260. The maximum atomic E-state index is 11.3. The van der Waals surface area contributed by atoms with Crippen LogP contribution in [0.5, 0.6) is 5.75 Å². The fourth-order valence-electron chi connectivity index (χ4n) is 1.45. The summed E-state index contributed by atoms with van der Waals surface area (Å²) in [4.78, 5) is 32.5. The van der Waals surface area contributed by atoms with E-state index in [-0.39, 0.29) is 28.5 Å². The molecule has 96 valence electrons. The minimum Gasteiger partial charge on any atom is -0.496 e. The molecule has 0 unspecified atom stereocenters. The molecule has 0 aromatic heterocycles. The molecule has 0 fully saturated rings. The molecule has 1 aromatic rings. The molecule has 18 heavy (non-hydrogen) atoms. The number of nitro benzene ring substituents is 1. The second-order valence-electron chi connectivity index (χ2n) is 3.56. The lowest BCUT2D eigenvalue weighted by atomic mass is 10.1. The van der Waals surface area contributed by atoms with Crippen molar-refractivity contribution in [1.29, 1.82) is 0 Å². The molecule has 0 aliphatic carbocycles. The molecule has 0 heterocycles. The highest BCUT2D eigenvalue weighted by molar-refractivity contribution is 6.00. The summed E-state index contributed by atoms with van der Waals surface area (Å²) in [6, 6.07) is 2.35. The number of nitrogens with zero attached hydrogens (tertiary/aromatic N) is 1. The Morgan fingerprint density at radius 2 is 1.94 bits per heavy atom. The second kappa shape index (κ2) is 5.26. The van der Waals surface area contributed by atoms with Crippen LogP contribution in [0.1, 0.15) is 24.2 Å². The van der Waals surface area contributed by atoms with Crippen molar-refractivity contribution in [1.82, 2.24) is 0 Å². The number of carbonyl (C=O) groups is 2. The number of ether oxygens (including phenoxy) is 1. The van der Waals surface area contributed by atoms with E-state index in [1.807, 2.05) is 0 Å². The van der Waals surface area contributed by atoms with Gasteiger partial charge >= 0.3 is 0 Å². The predicted molar refractivity (Wildman–Crippen MR) is 64.0 cm³/mol. The average molecular weight is 252 g/mol. The molecule has 0 radical (unpaired) electrons. The number of hydrogen-bond donors (Lipinski definition) is 1. The number of ketones is 1. The molecule has 0 aliphatic heterocycles. The molecule has 7 nitrogen and oxygen atoms in total. The van der Waals surface area contributed by atoms with Crippen LogP contribution >= 0.6 is 0 Å². The monoisotopic (exact) mass is 252 g/mol. The lowest BCUT2D eigenvalue weighted by Crippen LogP contribution is -2.09. The Kier molecular flexibility index (Phi) is 3.98. The molecule has 1 amide bonds. The van der Waals surface area contributed by atoms with Crippen LogP contribution in [-0.4, -0.2) is 23.7 Å². The van der Waals surface area contributed by atoms with Crippen molar-refractivity contribution in [3.05, 3.63) is 27.8 Å². The maximum Gasteiger partial charge on any atom is 0.293 e. The number of nitro groups is 1. The van der Waals surface area contributed by atoms with E-state index in [0.29, 0.717) is 0 Å². The van der Waals surface area contributed by atoms with Gasteiger partial charge in [-0.05, 0) is 6.92 Å². The van der Waals surface area contributed by atoms with Gasteiger partial charge in [0.1, 0.15) is 11.4 Å². The molecule has 1 aromatic carbocycles. The van der Waals surface area contributed by atoms with Crippen molar-refractivity contribution < 1.29 is 19.2 Å². The largest absolute Gasteiger partial charge is 0.496 e. The summed E-state index contributed by atoms with van der Waals surface area (Å²) in [5, 5.41) is 13.2. The molecule has 7 heteroatoms. The first kappa shape index (κ1) is 13.6. The van der Waals surface area contributed by atoms with Crippen molar-refractivity contribution in [3.8, 4) is 5.75 Å². The van der Waals surface area contributed by atoms with Crippen LogP contribution in [0, 0.1) is 10.1 Å². The van der Waals surface area contributed by atoms with E-state index in [0.717, 1.165) is 6.07 Å². The maximum absolute atomic E-state index is 11.3. The zero-order valence-electron chi connectivity index (χ0n) is 10.1. The first-order chi connectivity index (χ1) is 8.36. The van der Waals surface area contributed by atoms with Gasteiger partial charge in [-0.2, -0.15) is 0 Å². The van der Waals surface area contributed by atoms with Crippen LogP contribution in [0.25, 0.3) is 0 Å². The smallest absolute Gasteiger partial charge is 0.293 e. The second-order valence-corrected chi connectivity index (χ2v) is 3.56. The summed E-state index contributed by atoms with van der Waals surface area (Å²) in [6.07, 6.45) is 0. The molecule has 0 saturated carbocycles. The number of nitrogens with one attached hydrogen (secondary N) is 1. The van der Waals surface area contributed by atoms with Gasteiger partial charge < -0.3 is 10.1 Å². The van der Waals surface area contributed by atoms with Gasteiger partial charge in [-0.3, -0.25) is 19.7 Å². The molecule has 0 bridgehead atoms. The van der Waals surface area contributed by atoms with Crippen LogP contribution in [-0.2, 0) is 4.79 Å². The Morgan fingerprint density at radius 1 is 1.33 bits per heavy atom. The van der Waals surface area contributed by atoms with Gasteiger partial charge in [0, 0.05) is 19.1 Å². The van der Waals surface area contributed by atoms with E-state index in [1.54, 1.807) is 0 Å². The number of Topliss-reactive ketones (excluding diaryl/α,β-unsaturated/α-hetero) is 1. The van der Waals surface area contributed by atoms with E-state index < -0.39 is 10.8 Å². The fourth-order valence-corrected chi connectivity index (χ4v) is 1.45. The standard InChI is InChI=1S/C11H12N2O5/c1-6(14)8-4-10(13(16)17)9(12-7(2)15)5-11(8)18-3/h4-5H,1-3H3,(H,12,15). The number of hydrogen-bond acceptors (Lipinski definition) is 5. The number of amides is 1. The zero-order chi connectivity index (χ0) is 13.9. The van der Waals surface area contributed by atoms with Crippen LogP contribution in [0.2, 0.25) is 0 Å². The topological polar surface area (TPSA) is 98.5 Å². The molecule has 0 saturated heterocycles. The molecule has 1 rings (SSSR count). The van der Waals surface area contributed by atoms with Gasteiger partial charge in [-0.15, -0.1) is 0 Å². The Hall–Kier alpha value is -2.44. The van der Waals surface area contributed by atoms with Gasteiger partial charge in [0.2, 0.25) is 5.91 Å². The predicted octanol–water partition coefficient (Wildman–Crippen LogP) is 1.76.